The molecule has 2 aromatic heterocycles. The molecule has 0 radical (unpaired) electrons. The number of imidazole rings is 1. The van der Waals surface area contributed by atoms with Gasteiger partial charge in [0.05, 0.1) is 52.9 Å². The maximum Gasteiger partial charge on any atom is 0.407 e. The number of anilines is 2. The number of alkyl carbamates (subject to hydrolysis) is 1. The van der Waals surface area contributed by atoms with Gasteiger partial charge in [0.1, 0.15) is 29.3 Å². The van der Waals surface area contributed by atoms with Crippen molar-refractivity contribution in [3.8, 4) is 17.6 Å². The topological polar surface area (TPSA) is 205 Å². The van der Waals surface area contributed by atoms with Crippen molar-refractivity contribution in [1.82, 2.24) is 29.5 Å². The van der Waals surface area contributed by atoms with Crippen molar-refractivity contribution < 1.29 is 46.7 Å². The number of fused-ring (bicyclic) bond motifs is 1. The van der Waals surface area contributed by atoms with Gasteiger partial charge in [-0.1, -0.05) is 92.4 Å². The zero-order valence-electron chi connectivity index (χ0n) is 44.6. The first kappa shape index (κ1) is 57.1. The number of nitriles is 1. The minimum atomic E-state index is -2.02. The highest BCUT2D eigenvalue weighted by molar-refractivity contribution is 7.44. The Labute approximate surface area is 446 Å². The van der Waals surface area contributed by atoms with Crippen LogP contribution in [0.5, 0.6) is 11.5 Å². The molecule has 404 valence electrons. The summed E-state index contributed by atoms with van der Waals surface area (Å²) in [5, 5.41) is 18.3. The molecule has 1 aliphatic heterocycles. The van der Waals surface area contributed by atoms with Gasteiger partial charge in [-0.05, 0) is 86.8 Å². The molecule has 1 saturated heterocycles. The minimum Gasteiger partial charge on any atom is -0.497 e. The van der Waals surface area contributed by atoms with Crippen LogP contribution >= 0.6 is 8.53 Å². The fourth-order valence-electron chi connectivity index (χ4n) is 8.72. The number of nitrogens with zero attached hydrogens (tertiary/aromatic N) is 6. The van der Waals surface area contributed by atoms with Crippen LogP contribution in [0.2, 0.25) is 25.7 Å². The fourth-order valence-corrected chi connectivity index (χ4v) is 11.2. The van der Waals surface area contributed by atoms with Gasteiger partial charge in [0.15, 0.2) is 29.4 Å². The fraction of sp³-hybridized carbons (Fsp3) is 0.418. The van der Waals surface area contributed by atoms with Crippen molar-refractivity contribution >= 4 is 51.5 Å². The van der Waals surface area contributed by atoms with E-state index in [0.717, 1.165) is 22.7 Å². The summed E-state index contributed by atoms with van der Waals surface area (Å²) in [6, 6.07) is 36.1. The molecule has 0 saturated carbocycles. The molecule has 3 N–H and O–H groups in total. The van der Waals surface area contributed by atoms with E-state index in [2.05, 4.69) is 46.6 Å². The van der Waals surface area contributed by atoms with Gasteiger partial charge >= 0.3 is 6.09 Å². The molecule has 2 amide bonds. The molecular weight excluding hydrogens is 1010 g/mol. The van der Waals surface area contributed by atoms with Crippen molar-refractivity contribution in [2.24, 2.45) is 0 Å². The summed E-state index contributed by atoms with van der Waals surface area (Å²) in [5.74, 6) is 0.947. The number of ether oxygens (including phenoxy) is 5. The zero-order valence-corrected chi connectivity index (χ0v) is 46.5. The number of benzene rings is 4. The van der Waals surface area contributed by atoms with Crippen molar-refractivity contribution in [3.05, 3.63) is 138 Å². The lowest BCUT2D eigenvalue weighted by Gasteiger charge is -2.38. The number of methoxy groups -OCH3 is 2. The molecule has 1 fully saturated rings. The molecule has 1 aliphatic rings. The van der Waals surface area contributed by atoms with E-state index < -0.39 is 58.8 Å². The number of alkyl halides is 1. The minimum absolute atomic E-state index is 0.0367. The smallest absolute Gasteiger partial charge is 0.407 e. The lowest BCUT2D eigenvalue weighted by molar-refractivity contribution is -0.0887. The average Bonchev–Trinajstić information content (AvgIpc) is 3.98. The molecule has 6 aromatic rings. The van der Waals surface area contributed by atoms with Gasteiger partial charge in [0.2, 0.25) is 5.95 Å². The normalized spacial score (nSPS) is 17.2. The molecule has 0 aliphatic carbocycles. The standard InChI is InChI=1S/C55H69FN9O9PSi/c1-37(2)65(38(3)4)75(72-32-16-29-57)74-48-46(56)45(35-71-55(40-19-14-11-15-20-40,41-21-25-43(68-5)26-22-41)42-23-27-44(69-6)28-24-42)73-52(48)64-36-60-47-49(61-51(66)39-17-12-10-13-18-39)62-53(63-50(47)64)58-30-31-59-54(67)70-33-34-76(7,8)9/h10-15,17-28,36-38,45-46,48,52H,16,30-35H2,1-9H3,(H,59,67)(H2,58,61,62,63,66)/t45-,46-,48-,52-,75?/m1/s1. The van der Waals surface area contributed by atoms with E-state index in [1.54, 1.807) is 49.1 Å². The number of aromatic nitrogens is 4. The Bertz CT molecular complexity index is 2800. The summed E-state index contributed by atoms with van der Waals surface area (Å²) in [6.07, 6.45) is -4.80. The number of carbonyl (C=O) groups is 2. The monoisotopic (exact) mass is 1080 g/mol. The van der Waals surface area contributed by atoms with Gasteiger partial charge in [-0.25, -0.2) is 18.8 Å². The van der Waals surface area contributed by atoms with Crippen molar-refractivity contribution in [2.75, 3.05) is 57.8 Å². The molecule has 1 unspecified atom stereocenters. The summed E-state index contributed by atoms with van der Waals surface area (Å²) in [7, 11) is -0.247. The summed E-state index contributed by atoms with van der Waals surface area (Å²) >= 11 is 0. The number of rotatable bonds is 26. The second kappa shape index (κ2) is 26.5. The van der Waals surface area contributed by atoms with Crippen molar-refractivity contribution in [1.29, 1.82) is 5.26 Å². The predicted molar refractivity (Wildman–Crippen MR) is 293 cm³/mol. The first-order valence-corrected chi connectivity index (χ1v) is 30.2. The van der Waals surface area contributed by atoms with Crippen LogP contribution in [-0.4, -0.2) is 122 Å². The Hall–Kier alpha value is -6.56. The Balaban J connectivity index is 1.30. The molecule has 4 aromatic carbocycles. The lowest BCUT2D eigenvalue weighted by atomic mass is 9.80. The van der Waals surface area contributed by atoms with Crippen LogP contribution in [0.25, 0.3) is 11.2 Å². The van der Waals surface area contributed by atoms with Gasteiger partial charge in [-0.3, -0.25) is 9.36 Å². The molecule has 18 nitrogen and oxygen atoms in total. The Morgan fingerprint density at radius 3 is 2.04 bits per heavy atom. The second-order valence-corrected chi connectivity index (χ2v) is 26.8. The summed E-state index contributed by atoms with van der Waals surface area (Å²) in [4.78, 5) is 40.5. The maximum atomic E-state index is 18.2. The molecule has 0 bridgehead atoms. The number of hydrogen-bond donors (Lipinski definition) is 3. The quantitative estimate of drug-likeness (QED) is 0.0200. The molecule has 76 heavy (non-hydrogen) atoms. The van der Waals surface area contributed by atoms with Crippen LogP contribution in [0.15, 0.2) is 116 Å². The van der Waals surface area contributed by atoms with E-state index >= 15 is 4.39 Å². The number of hydrogen-bond acceptors (Lipinski definition) is 15. The van der Waals surface area contributed by atoms with Crippen LogP contribution in [0.4, 0.5) is 21.0 Å². The molecule has 3 heterocycles. The van der Waals surface area contributed by atoms with Crippen LogP contribution in [0.1, 0.15) is 67.4 Å². The number of amides is 2. The highest BCUT2D eigenvalue weighted by Crippen LogP contribution is 2.52. The maximum absolute atomic E-state index is 18.2. The van der Waals surface area contributed by atoms with E-state index in [4.69, 9.17) is 42.7 Å². The first-order chi connectivity index (χ1) is 36.6. The predicted octanol–water partition coefficient (Wildman–Crippen LogP) is 10.5. The van der Waals surface area contributed by atoms with Crippen LogP contribution in [0.3, 0.4) is 0 Å². The Morgan fingerprint density at radius 2 is 1.46 bits per heavy atom. The van der Waals surface area contributed by atoms with E-state index in [1.807, 2.05) is 111 Å². The van der Waals surface area contributed by atoms with Crippen molar-refractivity contribution in [3.63, 3.8) is 0 Å². The van der Waals surface area contributed by atoms with Gasteiger partial charge < -0.3 is 48.7 Å². The lowest BCUT2D eigenvalue weighted by Crippen LogP contribution is -2.39. The highest BCUT2D eigenvalue weighted by Gasteiger charge is 2.51. The SMILES string of the molecule is COc1ccc(C(OC[C@H]2O[C@@H](n3cnc4c(NC(=O)c5ccccc5)nc(NCCNC(=O)OCC[Si](C)(C)C)nc43)[C@H](OP(OCCC#N)N(C(C)C)C(C)C)[C@@H]2F)(c2ccccc2)c2ccc(OC)cc2)cc1. The first-order valence-electron chi connectivity index (χ1n) is 25.3. The van der Waals surface area contributed by atoms with E-state index in [9.17, 15) is 14.9 Å². The molecule has 0 spiro atoms. The van der Waals surface area contributed by atoms with Crippen LogP contribution < -0.4 is 25.4 Å². The molecule has 21 heteroatoms. The van der Waals surface area contributed by atoms with Crippen LogP contribution in [0, 0.1) is 11.3 Å². The number of halogens is 1. The van der Waals surface area contributed by atoms with Crippen LogP contribution in [-0.2, 0) is 28.9 Å². The van der Waals surface area contributed by atoms with Gasteiger partial charge in [0.25, 0.3) is 14.4 Å². The third-order valence-corrected chi connectivity index (χ3v) is 16.3. The van der Waals surface area contributed by atoms with E-state index in [1.165, 1.54) is 6.33 Å². The number of carbonyl (C=O) groups excluding carboxylic acids is 2. The Kier molecular flexibility index (Phi) is 19.9. The molecule has 7 rings (SSSR count). The highest BCUT2D eigenvalue weighted by atomic mass is 31.2. The Morgan fingerprint density at radius 1 is 0.855 bits per heavy atom. The summed E-state index contributed by atoms with van der Waals surface area (Å²) < 4.78 is 65.6. The molecule has 5 atom stereocenters. The van der Waals surface area contributed by atoms with Crippen molar-refractivity contribution in [2.45, 2.75) is 102 Å². The average molecular weight is 1080 g/mol. The second-order valence-electron chi connectivity index (χ2n) is 19.8. The van der Waals surface area contributed by atoms with Gasteiger partial charge in [-0.2, -0.15) is 15.2 Å². The third-order valence-electron chi connectivity index (χ3n) is 12.5. The largest absolute Gasteiger partial charge is 0.497 e. The van der Waals surface area contributed by atoms with E-state index in [-0.39, 0.29) is 67.7 Å². The van der Waals surface area contributed by atoms with Gasteiger partial charge in [-0.15, -0.1) is 0 Å². The number of nitrogens with one attached hydrogen (secondary N) is 3. The zero-order chi connectivity index (χ0) is 54.4. The third kappa shape index (κ3) is 14.1. The van der Waals surface area contributed by atoms with E-state index in [0.29, 0.717) is 23.7 Å². The summed E-state index contributed by atoms with van der Waals surface area (Å²) in [5.41, 5.74) is 1.63. The molecular formula is C55H69FN9O9PSi. The van der Waals surface area contributed by atoms with Gasteiger partial charge in [0, 0.05) is 38.8 Å². The summed E-state index contributed by atoms with van der Waals surface area (Å²) in [6.45, 7) is 15.0.